The highest BCUT2D eigenvalue weighted by atomic mass is 19.1. The first kappa shape index (κ1) is 16.1. The molecule has 1 aromatic carbocycles. The quantitative estimate of drug-likeness (QED) is 0.802. The van der Waals surface area contributed by atoms with E-state index in [1.54, 1.807) is 4.90 Å². The maximum absolute atomic E-state index is 12.7. The van der Waals surface area contributed by atoms with Crippen LogP contribution in [0.2, 0.25) is 0 Å². The van der Waals surface area contributed by atoms with E-state index in [0.29, 0.717) is 5.69 Å². The number of carboxylic acids is 1. The maximum atomic E-state index is 12.7. The Bertz CT molecular complexity index is 462. The van der Waals surface area contributed by atoms with Gasteiger partial charge in [-0.2, -0.15) is 0 Å². The fourth-order valence-electron chi connectivity index (χ4n) is 1.72. The molecule has 6 heteroatoms. The highest BCUT2D eigenvalue weighted by molar-refractivity contribution is 5.92. The number of amides is 1. The Labute approximate surface area is 117 Å². The Morgan fingerprint density at radius 1 is 1.30 bits per heavy atom. The highest BCUT2D eigenvalue weighted by Crippen LogP contribution is 2.09. The molecule has 110 valence electrons. The van der Waals surface area contributed by atoms with Crippen LogP contribution in [-0.4, -0.2) is 41.0 Å². The van der Waals surface area contributed by atoms with Crippen molar-refractivity contribution in [3.8, 4) is 0 Å². The predicted molar refractivity (Wildman–Crippen MR) is 74.0 cm³/mol. The monoisotopic (exact) mass is 282 g/mol. The molecule has 0 aliphatic heterocycles. The van der Waals surface area contributed by atoms with E-state index in [-0.39, 0.29) is 30.9 Å². The molecule has 0 saturated carbocycles. The number of halogens is 1. The molecule has 0 bridgehead atoms. The van der Waals surface area contributed by atoms with E-state index in [1.165, 1.54) is 24.3 Å². The Hall–Kier alpha value is -1.95. The summed E-state index contributed by atoms with van der Waals surface area (Å²) in [5.74, 6) is -1.67. The minimum Gasteiger partial charge on any atom is -0.480 e. The van der Waals surface area contributed by atoms with Crippen molar-refractivity contribution in [3.63, 3.8) is 0 Å². The molecule has 0 spiro atoms. The fraction of sp³-hybridized carbons (Fsp3) is 0.429. The molecule has 1 atom stereocenters. The third-order valence-electron chi connectivity index (χ3n) is 3.03. The first-order valence-electron chi connectivity index (χ1n) is 6.43. The number of carbonyl (C=O) groups is 2. The van der Waals surface area contributed by atoms with E-state index in [4.69, 9.17) is 5.11 Å². The van der Waals surface area contributed by atoms with Crippen molar-refractivity contribution in [2.45, 2.75) is 26.3 Å². The van der Waals surface area contributed by atoms with Gasteiger partial charge in [0, 0.05) is 11.7 Å². The first-order valence-corrected chi connectivity index (χ1v) is 6.43. The summed E-state index contributed by atoms with van der Waals surface area (Å²) in [6.07, 6.45) is 0.747. The van der Waals surface area contributed by atoms with Gasteiger partial charge in [0.05, 0.1) is 13.1 Å². The SMILES string of the molecule is CCC(C)N(CC(=O)O)CC(=O)Nc1ccc(F)cc1. The molecule has 0 aliphatic rings. The molecule has 0 aliphatic carbocycles. The summed E-state index contributed by atoms with van der Waals surface area (Å²) in [6.45, 7) is 3.59. The number of hydrogen-bond acceptors (Lipinski definition) is 3. The molecule has 0 fully saturated rings. The predicted octanol–water partition coefficient (Wildman–Crippen LogP) is 1.95. The van der Waals surface area contributed by atoms with Gasteiger partial charge >= 0.3 is 5.97 Å². The first-order chi connectivity index (χ1) is 9.42. The van der Waals surface area contributed by atoms with Gasteiger partial charge in [-0.3, -0.25) is 14.5 Å². The van der Waals surface area contributed by atoms with Crippen LogP contribution < -0.4 is 5.32 Å². The van der Waals surface area contributed by atoms with Crippen molar-refractivity contribution in [1.29, 1.82) is 0 Å². The van der Waals surface area contributed by atoms with Crippen LogP contribution in [0.3, 0.4) is 0 Å². The average Bonchev–Trinajstić information content (AvgIpc) is 2.39. The zero-order chi connectivity index (χ0) is 15.1. The minimum absolute atomic E-state index is 0.00920. The Morgan fingerprint density at radius 2 is 1.90 bits per heavy atom. The topological polar surface area (TPSA) is 69.6 Å². The van der Waals surface area contributed by atoms with Crippen LogP contribution in [-0.2, 0) is 9.59 Å². The third-order valence-corrected chi connectivity index (χ3v) is 3.03. The molecule has 1 amide bonds. The summed E-state index contributed by atoms with van der Waals surface area (Å²) in [6, 6.07) is 5.40. The number of nitrogens with zero attached hydrogens (tertiary/aromatic N) is 1. The smallest absolute Gasteiger partial charge is 0.317 e. The normalized spacial score (nSPS) is 12.2. The van der Waals surface area contributed by atoms with Gasteiger partial charge in [0.1, 0.15) is 5.82 Å². The maximum Gasteiger partial charge on any atom is 0.317 e. The van der Waals surface area contributed by atoms with Crippen LogP contribution in [0.5, 0.6) is 0 Å². The summed E-state index contributed by atoms with van der Waals surface area (Å²) in [4.78, 5) is 24.2. The van der Waals surface area contributed by atoms with Gasteiger partial charge in [-0.1, -0.05) is 6.92 Å². The lowest BCUT2D eigenvalue weighted by atomic mass is 10.2. The summed E-state index contributed by atoms with van der Waals surface area (Å²) < 4.78 is 12.7. The zero-order valence-corrected chi connectivity index (χ0v) is 11.6. The Kier molecular flexibility index (Phi) is 6.11. The molecule has 1 rings (SSSR count). The summed E-state index contributed by atoms with van der Waals surface area (Å²) in [5, 5.41) is 11.5. The third kappa shape index (κ3) is 5.36. The number of aliphatic carboxylic acids is 1. The van der Waals surface area contributed by atoms with E-state index in [9.17, 15) is 14.0 Å². The van der Waals surface area contributed by atoms with Gasteiger partial charge in [0.25, 0.3) is 0 Å². The van der Waals surface area contributed by atoms with Crippen LogP contribution >= 0.6 is 0 Å². The van der Waals surface area contributed by atoms with Crippen molar-refractivity contribution < 1.29 is 19.1 Å². The van der Waals surface area contributed by atoms with Crippen molar-refractivity contribution in [1.82, 2.24) is 4.90 Å². The summed E-state index contributed by atoms with van der Waals surface area (Å²) in [5.41, 5.74) is 0.482. The molecule has 20 heavy (non-hydrogen) atoms. The number of benzene rings is 1. The number of nitrogens with one attached hydrogen (secondary N) is 1. The van der Waals surface area contributed by atoms with E-state index in [2.05, 4.69) is 5.32 Å². The van der Waals surface area contributed by atoms with Gasteiger partial charge in [-0.05, 0) is 37.6 Å². The lowest BCUT2D eigenvalue weighted by Gasteiger charge is -2.25. The minimum atomic E-state index is -0.972. The van der Waals surface area contributed by atoms with Crippen LogP contribution in [0.4, 0.5) is 10.1 Å². The second kappa shape index (κ2) is 7.59. The molecule has 0 heterocycles. The van der Waals surface area contributed by atoms with Gasteiger partial charge < -0.3 is 10.4 Å². The van der Waals surface area contributed by atoms with Crippen molar-refractivity contribution in [3.05, 3.63) is 30.1 Å². The highest BCUT2D eigenvalue weighted by Gasteiger charge is 2.18. The molecule has 1 aromatic rings. The summed E-state index contributed by atoms with van der Waals surface area (Å²) in [7, 11) is 0. The van der Waals surface area contributed by atoms with Crippen LogP contribution in [0, 0.1) is 5.82 Å². The molecule has 5 nitrogen and oxygen atoms in total. The second-order valence-electron chi connectivity index (χ2n) is 4.61. The van der Waals surface area contributed by atoms with Crippen molar-refractivity contribution in [2.75, 3.05) is 18.4 Å². The van der Waals surface area contributed by atoms with E-state index < -0.39 is 5.97 Å². The Balaban J connectivity index is 2.61. The standard InChI is InChI=1S/C14H19FN2O3/c1-3-10(2)17(9-14(19)20)8-13(18)16-12-6-4-11(15)5-7-12/h4-7,10H,3,8-9H2,1-2H3,(H,16,18)(H,19,20). The van der Waals surface area contributed by atoms with Gasteiger partial charge in [0.15, 0.2) is 0 Å². The molecular weight excluding hydrogens is 263 g/mol. The number of rotatable bonds is 7. The van der Waals surface area contributed by atoms with E-state index >= 15 is 0 Å². The lowest BCUT2D eigenvalue weighted by Crippen LogP contribution is -2.42. The number of hydrogen-bond donors (Lipinski definition) is 2. The van der Waals surface area contributed by atoms with Crippen molar-refractivity contribution >= 4 is 17.6 Å². The van der Waals surface area contributed by atoms with E-state index in [0.717, 1.165) is 6.42 Å². The largest absolute Gasteiger partial charge is 0.480 e. The lowest BCUT2D eigenvalue weighted by molar-refractivity contribution is -0.139. The van der Waals surface area contributed by atoms with Crippen molar-refractivity contribution in [2.24, 2.45) is 0 Å². The molecule has 1 unspecified atom stereocenters. The van der Waals surface area contributed by atoms with Gasteiger partial charge in [-0.15, -0.1) is 0 Å². The fourth-order valence-corrected chi connectivity index (χ4v) is 1.72. The van der Waals surface area contributed by atoms with Crippen LogP contribution in [0.25, 0.3) is 0 Å². The number of carbonyl (C=O) groups excluding carboxylic acids is 1. The molecule has 2 N–H and O–H groups in total. The average molecular weight is 282 g/mol. The Morgan fingerprint density at radius 3 is 2.40 bits per heavy atom. The summed E-state index contributed by atoms with van der Waals surface area (Å²) >= 11 is 0. The van der Waals surface area contributed by atoms with Gasteiger partial charge in [-0.25, -0.2) is 4.39 Å². The zero-order valence-electron chi connectivity index (χ0n) is 11.6. The number of anilines is 1. The molecular formula is C14H19FN2O3. The molecule has 0 saturated heterocycles. The molecule has 0 aromatic heterocycles. The molecule has 0 radical (unpaired) electrons. The van der Waals surface area contributed by atoms with Crippen LogP contribution in [0.1, 0.15) is 20.3 Å². The van der Waals surface area contributed by atoms with Crippen LogP contribution in [0.15, 0.2) is 24.3 Å². The number of carboxylic acid groups (broad SMARTS) is 1. The van der Waals surface area contributed by atoms with E-state index in [1.807, 2.05) is 13.8 Å². The van der Waals surface area contributed by atoms with Gasteiger partial charge in [0.2, 0.25) is 5.91 Å². The second-order valence-corrected chi connectivity index (χ2v) is 4.61.